The SMILES string of the molecule is O=Cc1ccc(C=C2SC(=S)N(c3ccc(Cl)c(C(F)(F)F)c3)C2=O)cc1. The standard InChI is InChI=1S/C18H9ClF3NO2S2/c19-14-6-5-12(8-13(14)18(20,21)22)23-16(25)15(27-17(23)26)7-10-1-3-11(9-24)4-2-10/h1-9H. The Kier molecular flexibility index (Phi) is 5.41. The molecule has 1 amide bonds. The molecule has 138 valence electrons. The molecule has 3 rings (SSSR count). The van der Waals surface area contributed by atoms with Crippen LogP contribution in [-0.4, -0.2) is 16.5 Å². The number of carbonyl (C=O) groups excluding carboxylic acids is 2. The zero-order chi connectivity index (χ0) is 19.8. The fraction of sp³-hybridized carbons (Fsp3) is 0.0556. The molecule has 3 nitrogen and oxygen atoms in total. The Morgan fingerprint density at radius 2 is 1.70 bits per heavy atom. The molecule has 1 aliphatic rings. The van der Waals surface area contributed by atoms with Gasteiger partial charge in [0.2, 0.25) is 0 Å². The smallest absolute Gasteiger partial charge is 0.298 e. The Balaban J connectivity index is 1.94. The molecule has 0 N–H and O–H groups in total. The normalized spacial score (nSPS) is 16.3. The Hall–Kier alpha value is -2.16. The molecule has 0 saturated carbocycles. The predicted octanol–water partition coefficient (Wildman–Crippen LogP) is 5.58. The molecule has 0 unspecified atom stereocenters. The highest BCUT2D eigenvalue weighted by Crippen LogP contribution is 2.40. The van der Waals surface area contributed by atoms with E-state index in [0.29, 0.717) is 17.4 Å². The maximum absolute atomic E-state index is 13.1. The van der Waals surface area contributed by atoms with Crippen LogP contribution >= 0.6 is 35.6 Å². The molecule has 1 fully saturated rings. The lowest BCUT2D eigenvalue weighted by atomic mass is 10.1. The number of hydrogen-bond donors (Lipinski definition) is 0. The number of anilines is 1. The molecule has 1 heterocycles. The van der Waals surface area contributed by atoms with Crippen LogP contribution in [0.25, 0.3) is 6.08 Å². The van der Waals surface area contributed by atoms with Gasteiger partial charge in [0.1, 0.15) is 6.29 Å². The maximum atomic E-state index is 13.1. The Morgan fingerprint density at radius 1 is 1.07 bits per heavy atom. The first kappa shape index (κ1) is 19.6. The van der Waals surface area contributed by atoms with Gasteiger partial charge in [-0.3, -0.25) is 14.5 Å². The fourth-order valence-electron chi connectivity index (χ4n) is 2.38. The summed E-state index contributed by atoms with van der Waals surface area (Å²) in [6.45, 7) is 0. The molecule has 0 atom stereocenters. The molecule has 2 aromatic rings. The number of amides is 1. The highest BCUT2D eigenvalue weighted by atomic mass is 35.5. The summed E-state index contributed by atoms with van der Waals surface area (Å²) >= 11 is 11.8. The number of benzene rings is 2. The van der Waals surface area contributed by atoms with E-state index >= 15 is 0 Å². The van der Waals surface area contributed by atoms with Gasteiger partial charge in [0, 0.05) is 5.56 Å². The number of hydrogen-bond acceptors (Lipinski definition) is 4. The highest BCUT2D eigenvalue weighted by molar-refractivity contribution is 8.27. The minimum Gasteiger partial charge on any atom is -0.298 e. The van der Waals surface area contributed by atoms with Crippen molar-refractivity contribution in [1.82, 2.24) is 0 Å². The number of carbonyl (C=O) groups is 2. The average molecular weight is 428 g/mol. The van der Waals surface area contributed by atoms with Gasteiger partial charge in [0.05, 0.1) is 21.2 Å². The summed E-state index contributed by atoms with van der Waals surface area (Å²) in [5.74, 6) is -0.528. The number of thiocarbonyl (C=S) groups is 1. The zero-order valence-electron chi connectivity index (χ0n) is 13.3. The van der Waals surface area contributed by atoms with E-state index in [4.69, 9.17) is 23.8 Å². The summed E-state index contributed by atoms with van der Waals surface area (Å²) in [6.07, 6.45) is -2.39. The van der Waals surface area contributed by atoms with Crippen molar-refractivity contribution in [2.45, 2.75) is 6.18 Å². The minimum absolute atomic E-state index is 0.00562. The number of halogens is 4. The fourth-order valence-corrected chi connectivity index (χ4v) is 3.91. The largest absolute Gasteiger partial charge is 0.417 e. The number of alkyl halides is 3. The molecular weight excluding hydrogens is 419 g/mol. The van der Waals surface area contributed by atoms with Gasteiger partial charge in [-0.25, -0.2) is 0 Å². The topological polar surface area (TPSA) is 37.4 Å². The molecule has 1 saturated heterocycles. The first-order chi connectivity index (χ1) is 12.7. The first-order valence-corrected chi connectivity index (χ1v) is 9.01. The van der Waals surface area contributed by atoms with Crippen LogP contribution in [0.2, 0.25) is 5.02 Å². The van der Waals surface area contributed by atoms with Crippen LogP contribution in [0, 0.1) is 0 Å². The summed E-state index contributed by atoms with van der Waals surface area (Å²) < 4.78 is 39.3. The summed E-state index contributed by atoms with van der Waals surface area (Å²) in [5.41, 5.74) is 0.104. The van der Waals surface area contributed by atoms with Crippen molar-refractivity contribution in [3.8, 4) is 0 Å². The number of rotatable bonds is 3. The molecule has 2 aromatic carbocycles. The van der Waals surface area contributed by atoms with Crippen LogP contribution in [0.3, 0.4) is 0 Å². The van der Waals surface area contributed by atoms with E-state index < -0.39 is 22.7 Å². The van der Waals surface area contributed by atoms with E-state index in [1.807, 2.05) is 0 Å². The molecular formula is C18H9ClF3NO2S2. The highest BCUT2D eigenvalue weighted by Gasteiger charge is 2.37. The lowest BCUT2D eigenvalue weighted by Crippen LogP contribution is -2.27. The Labute approximate surface area is 166 Å². The minimum atomic E-state index is -4.65. The van der Waals surface area contributed by atoms with Gasteiger partial charge in [-0.2, -0.15) is 13.2 Å². The van der Waals surface area contributed by atoms with E-state index in [1.54, 1.807) is 30.3 Å². The molecule has 0 spiro atoms. The lowest BCUT2D eigenvalue weighted by molar-refractivity contribution is -0.137. The molecule has 0 aromatic heterocycles. The van der Waals surface area contributed by atoms with Gasteiger partial charge < -0.3 is 0 Å². The number of nitrogens with zero attached hydrogens (tertiary/aromatic N) is 1. The van der Waals surface area contributed by atoms with Crippen molar-refractivity contribution in [3.63, 3.8) is 0 Å². The molecule has 0 radical (unpaired) electrons. The molecule has 0 aliphatic carbocycles. The van der Waals surface area contributed by atoms with Gasteiger partial charge in [-0.1, -0.05) is 59.8 Å². The predicted molar refractivity (Wildman–Crippen MR) is 104 cm³/mol. The maximum Gasteiger partial charge on any atom is 0.417 e. The summed E-state index contributed by atoms with van der Waals surface area (Å²) in [6, 6.07) is 9.68. The molecule has 27 heavy (non-hydrogen) atoms. The summed E-state index contributed by atoms with van der Waals surface area (Å²) in [5, 5.41) is -0.456. The van der Waals surface area contributed by atoms with E-state index in [9.17, 15) is 22.8 Å². The quantitative estimate of drug-likeness (QED) is 0.364. The van der Waals surface area contributed by atoms with Gasteiger partial charge >= 0.3 is 6.18 Å². The second-order valence-electron chi connectivity index (χ2n) is 5.46. The second kappa shape index (κ2) is 7.46. The monoisotopic (exact) mass is 427 g/mol. The van der Waals surface area contributed by atoms with Crippen LogP contribution < -0.4 is 4.90 Å². The van der Waals surface area contributed by atoms with E-state index in [-0.39, 0.29) is 14.9 Å². The Bertz CT molecular complexity index is 972. The lowest BCUT2D eigenvalue weighted by Gasteiger charge is -2.17. The van der Waals surface area contributed by atoms with E-state index in [0.717, 1.165) is 28.8 Å². The molecule has 9 heteroatoms. The van der Waals surface area contributed by atoms with Crippen molar-refractivity contribution in [1.29, 1.82) is 0 Å². The third kappa shape index (κ3) is 4.07. The first-order valence-electron chi connectivity index (χ1n) is 7.40. The van der Waals surface area contributed by atoms with Crippen LogP contribution in [0.15, 0.2) is 47.4 Å². The van der Waals surface area contributed by atoms with Gasteiger partial charge in [-0.05, 0) is 29.8 Å². The summed E-state index contributed by atoms with van der Waals surface area (Å²) in [4.78, 5) is 24.7. The van der Waals surface area contributed by atoms with Crippen molar-refractivity contribution in [2.24, 2.45) is 0 Å². The van der Waals surface area contributed by atoms with Crippen molar-refractivity contribution in [2.75, 3.05) is 4.90 Å². The third-order valence-electron chi connectivity index (χ3n) is 3.68. The average Bonchev–Trinajstić information content (AvgIpc) is 2.89. The van der Waals surface area contributed by atoms with E-state index in [1.165, 1.54) is 6.07 Å². The van der Waals surface area contributed by atoms with Crippen LogP contribution in [0.1, 0.15) is 21.5 Å². The van der Waals surface area contributed by atoms with Crippen molar-refractivity contribution < 1.29 is 22.8 Å². The van der Waals surface area contributed by atoms with Crippen LogP contribution in [0.5, 0.6) is 0 Å². The third-order valence-corrected chi connectivity index (χ3v) is 5.31. The van der Waals surface area contributed by atoms with Gasteiger partial charge in [0.15, 0.2) is 4.32 Å². The molecule has 0 bridgehead atoms. The van der Waals surface area contributed by atoms with Gasteiger partial charge in [-0.15, -0.1) is 0 Å². The van der Waals surface area contributed by atoms with E-state index in [2.05, 4.69) is 0 Å². The van der Waals surface area contributed by atoms with Crippen LogP contribution in [0.4, 0.5) is 18.9 Å². The van der Waals surface area contributed by atoms with Gasteiger partial charge in [0.25, 0.3) is 5.91 Å². The van der Waals surface area contributed by atoms with Crippen molar-refractivity contribution in [3.05, 3.63) is 69.1 Å². The Morgan fingerprint density at radius 3 is 2.30 bits per heavy atom. The number of aldehydes is 1. The zero-order valence-corrected chi connectivity index (χ0v) is 15.7. The van der Waals surface area contributed by atoms with Crippen molar-refractivity contribution >= 4 is 63.9 Å². The molecule has 1 aliphatic heterocycles. The second-order valence-corrected chi connectivity index (χ2v) is 7.55. The number of thioether (sulfide) groups is 1. The summed E-state index contributed by atoms with van der Waals surface area (Å²) in [7, 11) is 0. The van der Waals surface area contributed by atoms with Crippen LogP contribution in [-0.2, 0) is 11.0 Å².